The van der Waals surface area contributed by atoms with Crippen LogP contribution in [0.3, 0.4) is 0 Å². The molecule has 0 spiro atoms. The second-order valence-corrected chi connectivity index (χ2v) is 6.16. The molecule has 0 saturated carbocycles. The minimum atomic E-state index is -0.879. The van der Waals surface area contributed by atoms with Crippen LogP contribution >= 0.6 is 11.6 Å². The van der Waals surface area contributed by atoms with Crippen molar-refractivity contribution in [2.45, 2.75) is 39.3 Å². The Kier molecular flexibility index (Phi) is 7.03. The molecule has 0 aliphatic carbocycles. The zero-order valence-corrected chi connectivity index (χ0v) is 14.2. The first-order chi connectivity index (χ1) is 10.7. The van der Waals surface area contributed by atoms with E-state index in [1.54, 1.807) is 38.1 Å². The van der Waals surface area contributed by atoms with Crippen molar-refractivity contribution in [3.63, 3.8) is 0 Å². The maximum atomic E-state index is 12.3. The van der Waals surface area contributed by atoms with E-state index < -0.39 is 23.9 Å². The SMILES string of the molecule is CC(=O)N[C@@H](C(=O)N[C@H](Cc1cccc(Cl)c1)C(N)=O)C(C)C. The molecular weight excluding hydrogens is 318 g/mol. The van der Waals surface area contributed by atoms with Gasteiger partial charge in [0.1, 0.15) is 12.1 Å². The molecule has 3 amide bonds. The van der Waals surface area contributed by atoms with Gasteiger partial charge >= 0.3 is 0 Å². The fraction of sp³-hybridized carbons (Fsp3) is 0.438. The number of carbonyl (C=O) groups is 3. The van der Waals surface area contributed by atoms with Gasteiger partial charge in [0.2, 0.25) is 17.7 Å². The predicted octanol–water partition coefficient (Wildman–Crippen LogP) is 1.01. The predicted molar refractivity (Wildman–Crippen MR) is 88.7 cm³/mol. The van der Waals surface area contributed by atoms with E-state index in [4.69, 9.17) is 17.3 Å². The molecule has 1 rings (SSSR count). The number of benzene rings is 1. The topological polar surface area (TPSA) is 101 Å². The van der Waals surface area contributed by atoms with E-state index in [0.717, 1.165) is 5.56 Å². The second kappa shape index (κ2) is 8.53. The average Bonchev–Trinajstić information content (AvgIpc) is 2.43. The average molecular weight is 340 g/mol. The van der Waals surface area contributed by atoms with Crippen LogP contribution in [-0.4, -0.2) is 29.8 Å². The number of carbonyl (C=O) groups excluding carboxylic acids is 3. The highest BCUT2D eigenvalue weighted by Crippen LogP contribution is 2.12. The number of primary amides is 1. The van der Waals surface area contributed by atoms with Gasteiger partial charge in [-0.15, -0.1) is 0 Å². The van der Waals surface area contributed by atoms with Gasteiger partial charge in [0, 0.05) is 18.4 Å². The largest absolute Gasteiger partial charge is 0.368 e. The molecule has 0 heterocycles. The summed E-state index contributed by atoms with van der Waals surface area (Å²) >= 11 is 5.91. The number of nitrogens with two attached hydrogens (primary N) is 1. The van der Waals surface area contributed by atoms with Crippen LogP contribution in [0.1, 0.15) is 26.3 Å². The van der Waals surface area contributed by atoms with Gasteiger partial charge in [-0.05, 0) is 23.6 Å². The number of rotatable bonds is 7. The maximum absolute atomic E-state index is 12.3. The summed E-state index contributed by atoms with van der Waals surface area (Å²) in [5.74, 6) is -1.53. The van der Waals surface area contributed by atoms with Crippen molar-refractivity contribution in [3.05, 3.63) is 34.9 Å². The highest BCUT2D eigenvalue weighted by molar-refractivity contribution is 6.30. The van der Waals surface area contributed by atoms with E-state index in [0.29, 0.717) is 5.02 Å². The first-order valence-corrected chi connectivity index (χ1v) is 7.69. The Morgan fingerprint density at radius 2 is 1.87 bits per heavy atom. The third-order valence-corrected chi connectivity index (χ3v) is 3.53. The fourth-order valence-corrected chi connectivity index (χ4v) is 2.35. The van der Waals surface area contributed by atoms with Gasteiger partial charge in [-0.1, -0.05) is 37.6 Å². The van der Waals surface area contributed by atoms with Gasteiger partial charge in [0.15, 0.2) is 0 Å². The Hall–Kier alpha value is -2.08. The van der Waals surface area contributed by atoms with Crippen LogP contribution in [0.25, 0.3) is 0 Å². The Labute approximate surface area is 140 Å². The minimum absolute atomic E-state index is 0.126. The number of amides is 3. The molecule has 126 valence electrons. The van der Waals surface area contributed by atoms with Gasteiger partial charge in [-0.3, -0.25) is 14.4 Å². The minimum Gasteiger partial charge on any atom is -0.368 e. The van der Waals surface area contributed by atoms with E-state index in [-0.39, 0.29) is 18.2 Å². The quantitative estimate of drug-likeness (QED) is 0.691. The van der Waals surface area contributed by atoms with Crippen LogP contribution in [0, 0.1) is 5.92 Å². The highest BCUT2D eigenvalue weighted by Gasteiger charge is 2.27. The third-order valence-electron chi connectivity index (χ3n) is 3.30. The molecule has 23 heavy (non-hydrogen) atoms. The van der Waals surface area contributed by atoms with Crippen LogP contribution in [0.2, 0.25) is 5.02 Å². The first-order valence-electron chi connectivity index (χ1n) is 7.32. The summed E-state index contributed by atoms with van der Waals surface area (Å²) in [5, 5.41) is 5.71. The molecule has 0 saturated heterocycles. The summed E-state index contributed by atoms with van der Waals surface area (Å²) in [4.78, 5) is 35.2. The number of nitrogens with one attached hydrogen (secondary N) is 2. The molecule has 0 fully saturated rings. The molecule has 1 aromatic rings. The molecule has 0 aliphatic rings. The molecule has 1 aromatic carbocycles. The number of hydrogen-bond donors (Lipinski definition) is 3. The van der Waals surface area contributed by atoms with Crippen LogP contribution in [0.5, 0.6) is 0 Å². The first kappa shape index (κ1) is 19.0. The molecule has 6 nitrogen and oxygen atoms in total. The van der Waals surface area contributed by atoms with Crippen LogP contribution in [0.15, 0.2) is 24.3 Å². The normalized spacial score (nSPS) is 13.3. The Morgan fingerprint density at radius 1 is 1.22 bits per heavy atom. The lowest BCUT2D eigenvalue weighted by atomic mass is 10.0. The molecule has 0 unspecified atom stereocenters. The van der Waals surface area contributed by atoms with E-state index in [9.17, 15) is 14.4 Å². The van der Waals surface area contributed by atoms with E-state index >= 15 is 0 Å². The lowest BCUT2D eigenvalue weighted by molar-refractivity contribution is -0.131. The monoisotopic (exact) mass is 339 g/mol. The van der Waals surface area contributed by atoms with Crippen molar-refractivity contribution in [1.29, 1.82) is 0 Å². The summed E-state index contributed by atoms with van der Waals surface area (Å²) in [6, 6.07) is 5.36. The molecule has 0 aliphatic heterocycles. The summed E-state index contributed by atoms with van der Waals surface area (Å²) in [7, 11) is 0. The number of halogens is 1. The summed E-state index contributed by atoms with van der Waals surface area (Å²) in [6.45, 7) is 4.94. The summed E-state index contributed by atoms with van der Waals surface area (Å²) in [5.41, 5.74) is 6.15. The highest BCUT2D eigenvalue weighted by atomic mass is 35.5. The van der Waals surface area contributed by atoms with Crippen molar-refractivity contribution in [2.75, 3.05) is 0 Å². The van der Waals surface area contributed by atoms with Crippen molar-refractivity contribution in [3.8, 4) is 0 Å². The van der Waals surface area contributed by atoms with Crippen molar-refractivity contribution >= 4 is 29.3 Å². The van der Waals surface area contributed by atoms with E-state index in [1.165, 1.54) is 6.92 Å². The van der Waals surface area contributed by atoms with Crippen LogP contribution in [-0.2, 0) is 20.8 Å². The van der Waals surface area contributed by atoms with Crippen molar-refractivity contribution in [2.24, 2.45) is 11.7 Å². The van der Waals surface area contributed by atoms with Gasteiger partial charge in [-0.2, -0.15) is 0 Å². The molecule has 2 atom stereocenters. The van der Waals surface area contributed by atoms with Gasteiger partial charge in [0.25, 0.3) is 0 Å². The Bertz CT molecular complexity index is 590. The zero-order chi connectivity index (χ0) is 17.6. The lowest BCUT2D eigenvalue weighted by Crippen LogP contribution is -2.55. The summed E-state index contributed by atoms with van der Waals surface area (Å²) < 4.78 is 0. The molecule has 0 radical (unpaired) electrons. The zero-order valence-electron chi connectivity index (χ0n) is 13.4. The Balaban J connectivity index is 2.84. The van der Waals surface area contributed by atoms with Crippen LogP contribution in [0.4, 0.5) is 0 Å². The standard InChI is InChI=1S/C16H22ClN3O3/c1-9(2)14(19-10(3)21)16(23)20-13(15(18)22)8-11-5-4-6-12(17)7-11/h4-7,9,13-14H,8H2,1-3H3,(H2,18,22)(H,19,21)(H,20,23)/t13-,14-/m1/s1. The van der Waals surface area contributed by atoms with E-state index in [1.807, 2.05) is 0 Å². The third kappa shape index (κ3) is 6.28. The van der Waals surface area contributed by atoms with Gasteiger partial charge in [0.05, 0.1) is 0 Å². The smallest absolute Gasteiger partial charge is 0.243 e. The van der Waals surface area contributed by atoms with Crippen LogP contribution < -0.4 is 16.4 Å². The number of hydrogen-bond acceptors (Lipinski definition) is 3. The molecule has 0 bridgehead atoms. The fourth-order valence-electron chi connectivity index (χ4n) is 2.14. The Morgan fingerprint density at radius 3 is 2.35 bits per heavy atom. The van der Waals surface area contributed by atoms with Crippen molar-refractivity contribution < 1.29 is 14.4 Å². The molecular formula is C16H22ClN3O3. The van der Waals surface area contributed by atoms with E-state index in [2.05, 4.69) is 10.6 Å². The van der Waals surface area contributed by atoms with Crippen molar-refractivity contribution in [1.82, 2.24) is 10.6 Å². The van der Waals surface area contributed by atoms with Gasteiger partial charge in [-0.25, -0.2) is 0 Å². The van der Waals surface area contributed by atoms with Gasteiger partial charge < -0.3 is 16.4 Å². The molecule has 4 N–H and O–H groups in total. The lowest BCUT2D eigenvalue weighted by Gasteiger charge is -2.24. The second-order valence-electron chi connectivity index (χ2n) is 5.72. The summed E-state index contributed by atoms with van der Waals surface area (Å²) in [6.07, 6.45) is 0.229. The maximum Gasteiger partial charge on any atom is 0.243 e. The molecule has 0 aromatic heterocycles. The molecule has 7 heteroatoms.